The van der Waals surface area contributed by atoms with Crippen molar-refractivity contribution >= 4 is 17.3 Å². The summed E-state index contributed by atoms with van der Waals surface area (Å²) in [6, 6.07) is 10.7. The van der Waals surface area contributed by atoms with Crippen molar-refractivity contribution in [2.45, 2.75) is 33.5 Å². The van der Waals surface area contributed by atoms with Gasteiger partial charge in [0.25, 0.3) is 0 Å². The Kier molecular flexibility index (Phi) is 6.04. The van der Waals surface area contributed by atoms with Gasteiger partial charge in [0.05, 0.1) is 5.69 Å². The zero-order valence-electron chi connectivity index (χ0n) is 15.1. The van der Waals surface area contributed by atoms with Gasteiger partial charge in [-0.05, 0) is 31.6 Å². The first-order valence-electron chi connectivity index (χ1n) is 8.97. The first-order valence-corrected chi connectivity index (χ1v) is 9.38. The van der Waals surface area contributed by atoms with Crippen molar-refractivity contribution in [3.63, 3.8) is 0 Å². The quantitative estimate of drug-likeness (QED) is 0.832. The van der Waals surface area contributed by atoms with E-state index in [4.69, 9.17) is 12.2 Å². The Balaban J connectivity index is 1.44. The normalized spacial score (nSPS) is 15.4. The van der Waals surface area contributed by atoms with Crippen LogP contribution in [-0.2, 0) is 19.6 Å². The van der Waals surface area contributed by atoms with Gasteiger partial charge in [-0.1, -0.05) is 30.3 Å². The van der Waals surface area contributed by atoms with Crippen LogP contribution in [0.5, 0.6) is 0 Å². The minimum Gasteiger partial charge on any atom is -0.358 e. The van der Waals surface area contributed by atoms with Gasteiger partial charge >= 0.3 is 0 Å². The van der Waals surface area contributed by atoms with Crippen molar-refractivity contribution < 1.29 is 0 Å². The smallest absolute Gasteiger partial charge is 0.169 e. The summed E-state index contributed by atoms with van der Waals surface area (Å²) < 4.78 is 1.97. The second-order valence-corrected chi connectivity index (χ2v) is 6.89. The standard InChI is InChI=1S/C19H27N5S/c1-3-24-15-18(16(2)21-24)13-20-19(25)23-11-9-22(10-12-23)14-17-7-5-4-6-8-17/h4-8,15H,3,9-14H2,1-2H3,(H,20,25). The highest BCUT2D eigenvalue weighted by molar-refractivity contribution is 7.80. The Morgan fingerprint density at radius 3 is 2.52 bits per heavy atom. The number of piperazine rings is 1. The molecule has 1 saturated heterocycles. The number of benzene rings is 1. The molecule has 134 valence electrons. The molecule has 1 aliphatic heterocycles. The minimum atomic E-state index is 0.745. The summed E-state index contributed by atoms with van der Waals surface area (Å²) in [5, 5.41) is 8.73. The van der Waals surface area contributed by atoms with Crippen LogP contribution in [0.4, 0.5) is 0 Å². The topological polar surface area (TPSA) is 36.3 Å². The van der Waals surface area contributed by atoms with Crippen LogP contribution in [0, 0.1) is 6.92 Å². The average Bonchev–Trinajstić information content (AvgIpc) is 3.01. The lowest BCUT2D eigenvalue weighted by Gasteiger charge is -2.36. The van der Waals surface area contributed by atoms with Crippen molar-refractivity contribution in [1.29, 1.82) is 0 Å². The highest BCUT2D eigenvalue weighted by Crippen LogP contribution is 2.09. The van der Waals surface area contributed by atoms with Crippen molar-refractivity contribution in [3.8, 4) is 0 Å². The SMILES string of the molecule is CCn1cc(CNC(=S)N2CCN(Cc3ccccc3)CC2)c(C)n1. The Morgan fingerprint density at radius 1 is 1.16 bits per heavy atom. The number of rotatable bonds is 5. The number of thiocarbonyl (C=S) groups is 1. The Labute approximate surface area is 155 Å². The molecule has 3 rings (SSSR count). The zero-order chi connectivity index (χ0) is 17.6. The van der Waals surface area contributed by atoms with Gasteiger partial charge in [-0.25, -0.2) is 0 Å². The van der Waals surface area contributed by atoms with Crippen molar-refractivity contribution in [3.05, 3.63) is 53.3 Å². The van der Waals surface area contributed by atoms with Crippen LogP contribution in [0.2, 0.25) is 0 Å². The van der Waals surface area contributed by atoms with E-state index in [2.05, 4.69) is 70.6 Å². The number of nitrogens with zero attached hydrogens (tertiary/aromatic N) is 4. The largest absolute Gasteiger partial charge is 0.358 e. The van der Waals surface area contributed by atoms with E-state index in [1.807, 2.05) is 4.68 Å². The van der Waals surface area contributed by atoms with E-state index in [1.165, 1.54) is 11.1 Å². The van der Waals surface area contributed by atoms with Gasteiger partial charge in [0.1, 0.15) is 0 Å². The molecule has 2 aromatic rings. The molecule has 2 heterocycles. The first kappa shape index (κ1) is 17.9. The van der Waals surface area contributed by atoms with Gasteiger partial charge in [0.2, 0.25) is 0 Å². The summed E-state index contributed by atoms with van der Waals surface area (Å²) in [5.74, 6) is 0. The van der Waals surface area contributed by atoms with Crippen LogP contribution in [0.25, 0.3) is 0 Å². The van der Waals surface area contributed by atoms with Gasteiger partial charge in [0, 0.05) is 57.6 Å². The van der Waals surface area contributed by atoms with Gasteiger partial charge in [-0.15, -0.1) is 0 Å². The molecule has 5 nitrogen and oxygen atoms in total. The zero-order valence-corrected chi connectivity index (χ0v) is 15.9. The predicted molar refractivity (Wildman–Crippen MR) is 105 cm³/mol. The maximum absolute atomic E-state index is 5.59. The van der Waals surface area contributed by atoms with Gasteiger partial charge in [-0.2, -0.15) is 5.10 Å². The minimum absolute atomic E-state index is 0.745. The summed E-state index contributed by atoms with van der Waals surface area (Å²) in [7, 11) is 0. The third-order valence-electron chi connectivity index (χ3n) is 4.71. The molecule has 0 spiro atoms. The molecule has 25 heavy (non-hydrogen) atoms. The van der Waals surface area contributed by atoms with E-state index in [-0.39, 0.29) is 0 Å². The molecule has 0 saturated carbocycles. The third-order valence-corrected chi connectivity index (χ3v) is 5.11. The molecule has 0 amide bonds. The fourth-order valence-electron chi connectivity index (χ4n) is 3.13. The number of hydrogen-bond donors (Lipinski definition) is 1. The van der Waals surface area contributed by atoms with Gasteiger partial charge < -0.3 is 10.2 Å². The highest BCUT2D eigenvalue weighted by atomic mass is 32.1. The molecule has 1 N–H and O–H groups in total. The molecule has 1 fully saturated rings. The third kappa shape index (κ3) is 4.80. The lowest BCUT2D eigenvalue weighted by atomic mass is 10.2. The van der Waals surface area contributed by atoms with Crippen molar-refractivity contribution in [2.24, 2.45) is 0 Å². The molecule has 0 unspecified atom stereocenters. The molecule has 6 heteroatoms. The molecule has 0 radical (unpaired) electrons. The molecular weight excluding hydrogens is 330 g/mol. The van der Waals surface area contributed by atoms with Gasteiger partial charge in [0.15, 0.2) is 5.11 Å². The number of aromatic nitrogens is 2. The molecule has 0 aliphatic carbocycles. The monoisotopic (exact) mass is 357 g/mol. The molecular formula is C19H27N5S. The second-order valence-electron chi connectivity index (χ2n) is 6.50. The van der Waals surface area contributed by atoms with E-state index >= 15 is 0 Å². The molecule has 1 aromatic carbocycles. The van der Waals surface area contributed by atoms with E-state index in [1.54, 1.807) is 0 Å². The van der Waals surface area contributed by atoms with E-state index in [0.29, 0.717) is 0 Å². The summed E-state index contributed by atoms with van der Waals surface area (Å²) >= 11 is 5.59. The van der Waals surface area contributed by atoms with Crippen LogP contribution in [0.15, 0.2) is 36.5 Å². The van der Waals surface area contributed by atoms with Crippen molar-refractivity contribution in [2.75, 3.05) is 26.2 Å². The van der Waals surface area contributed by atoms with Crippen LogP contribution >= 0.6 is 12.2 Å². The lowest BCUT2D eigenvalue weighted by molar-refractivity contribution is 0.174. The summed E-state index contributed by atoms with van der Waals surface area (Å²) in [4.78, 5) is 4.76. The van der Waals surface area contributed by atoms with Gasteiger partial charge in [-0.3, -0.25) is 9.58 Å². The average molecular weight is 358 g/mol. The highest BCUT2D eigenvalue weighted by Gasteiger charge is 2.19. The van der Waals surface area contributed by atoms with Crippen LogP contribution < -0.4 is 5.32 Å². The summed E-state index contributed by atoms with van der Waals surface area (Å²) in [5.41, 5.74) is 3.66. The van der Waals surface area contributed by atoms with Crippen molar-refractivity contribution in [1.82, 2.24) is 24.9 Å². The Morgan fingerprint density at radius 2 is 1.88 bits per heavy atom. The fourth-order valence-corrected chi connectivity index (χ4v) is 3.38. The van der Waals surface area contributed by atoms with Crippen LogP contribution in [0.1, 0.15) is 23.7 Å². The lowest BCUT2D eigenvalue weighted by Crippen LogP contribution is -2.51. The number of hydrogen-bond acceptors (Lipinski definition) is 3. The Bertz CT molecular complexity index is 689. The molecule has 0 bridgehead atoms. The maximum Gasteiger partial charge on any atom is 0.169 e. The van der Waals surface area contributed by atoms with Crippen LogP contribution in [-0.4, -0.2) is 50.9 Å². The number of nitrogens with one attached hydrogen (secondary N) is 1. The van der Waals surface area contributed by atoms with E-state index in [0.717, 1.165) is 56.6 Å². The van der Waals surface area contributed by atoms with E-state index in [9.17, 15) is 0 Å². The first-order chi connectivity index (χ1) is 12.2. The van der Waals surface area contributed by atoms with E-state index < -0.39 is 0 Å². The predicted octanol–water partition coefficient (Wildman–Crippen LogP) is 2.40. The second kappa shape index (κ2) is 8.45. The number of aryl methyl sites for hydroxylation is 2. The molecule has 1 aromatic heterocycles. The Hall–Kier alpha value is -1.92. The summed E-state index contributed by atoms with van der Waals surface area (Å²) in [6.45, 7) is 10.9. The maximum atomic E-state index is 5.59. The molecule has 1 aliphatic rings. The van der Waals surface area contributed by atoms with Crippen LogP contribution in [0.3, 0.4) is 0 Å². The fraction of sp³-hybridized carbons (Fsp3) is 0.474. The molecule has 0 atom stereocenters. The summed E-state index contributed by atoms with van der Waals surface area (Å²) in [6.07, 6.45) is 2.10.